The van der Waals surface area contributed by atoms with Gasteiger partial charge in [0.15, 0.2) is 0 Å². The fourth-order valence-corrected chi connectivity index (χ4v) is 1.44. The predicted molar refractivity (Wildman–Crippen MR) is 58.8 cm³/mol. The van der Waals surface area contributed by atoms with E-state index in [-0.39, 0.29) is 0 Å². The van der Waals surface area contributed by atoms with Crippen molar-refractivity contribution in [1.82, 2.24) is 5.32 Å². The van der Waals surface area contributed by atoms with Crippen LogP contribution in [0, 0.1) is 0 Å². The minimum absolute atomic E-state index is 0.295. The van der Waals surface area contributed by atoms with Gasteiger partial charge in [-0.25, -0.2) is 8.78 Å². The Bertz CT molecular complexity index is 424. The molecular formula is C12H12F7N. The molecule has 0 aliphatic carbocycles. The SMILES string of the molecule is CC(NCC(F)(F)C(F)F)c1ccc(C(F)(F)F)cc1. The Balaban J connectivity index is 2.67. The van der Waals surface area contributed by atoms with Crippen LogP contribution in [-0.4, -0.2) is 18.9 Å². The molecule has 0 saturated carbocycles. The summed E-state index contributed by atoms with van der Waals surface area (Å²) in [6, 6.07) is 3.06. The van der Waals surface area contributed by atoms with Crippen LogP contribution in [0.25, 0.3) is 0 Å². The molecular weight excluding hydrogens is 291 g/mol. The topological polar surface area (TPSA) is 12.0 Å². The summed E-state index contributed by atoms with van der Waals surface area (Å²) in [4.78, 5) is 0. The maximum atomic E-state index is 12.7. The second kappa shape index (κ2) is 5.99. The summed E-state index contributed by atoms with van der Waals surface area (Å²) >= 11 is 0. The number of rotatable bonds is 5. The second-order valence-corrected chi connectivity index (χ2v) is 4.28. The molecule has 1 aromatic carbocycles. The smallest absolute Gasteiger partial charge is 0.304 e. The van der Waals surface area contributed by atoms with Crippen molar-refractivity contribution in [1.29, 1.82) is 0 Å². The molecule has 0 bridgehead atoms. The van der Waals surface area contributed by atoms with Crippen LogP contribution in [0.5, 0.6) is 0 Å². The van der Waals surface area contributed by atoms with Gasteiger partial charge in [0.1, 0.15) is 0 Å². The largest absolute Gasteiger partial charge is 0.416 e. The summed E-state index contributed by atoms with van der Waals surface area (Å²) < 4.78 is 86.2. The number of alkyl halides is 7. The van der Waals surface area contributed by atoms with Crippen LogP contribution in [0.15, 0.2) is 24.3 Å². The number of hydrogen-bond acceptors (Lipinski definition) is 1. The summed E-state index contributed by atoms with van der Waals surface area (Å²) in [5.41, 5.74) is -0.575. The van der Waals surface area contributed by atoms with Crippen molar-refractivity contribution in [2.24, 2.45) is 0 Å². The van der Waals surface area contributed by atoms with E-state index < -0.39 is 36.7 Å². The van der Waals surface area contributed by atoms with Crippen LogP contribution in [0.1, 0.15) is 24.1 Å². The summed E-state index contributed by atoms with van der Waals surface area (Å²) in [7, 11) is 0. The number of hydrogen-bond donors (Lipinski definition) is 1. The van der Waals surface area contributed by atoms with E-state index in [9.17, 15) is 30.7 Å². The third kappa shape index (κ3) is 4.36. The first-order chi connectivity index (χ1) is 9.04. The van der Waals surface area contributed by atoms with E-state index in [2.05, 4.69) is 5.32 Å². The van der Waals surface area contributed by atoms with Gasteiger partial charge in [-0.3, -0.25) is 0 Å². The third-order valence-corrected chi connectivity index (χ3v) is 2.70. The van der Waals surface area contributed by atoms with Gasteiger partial charge in [-0.2, -0.15) is 22.0 Å². The van der Waals surface area contributed by atoms with Crippen LogP contribution in [0.4, 0.5) is 30.7 Å². The van der Waals surface area contributed by atoms with Gasteiger partial charge in [0, 0.05) is 6.04 Å². The summed E-state index contributed by atoms with van der Waals surface area (Å²) in [5.74, 6) is -4.18. The quantitative estimate of drug-likeness (QED) is 0.802. The Labute approximate surface area is 110 Å². The summed E-state index contributed by atoms with van der Waals surface area (Å²) in [5, 5.41) is 2.17. The standard InChI is InChI=1S/C12H12F7N/c1-7(20-6-11(15,16)10(13)14)8-2-4-9(5-3-8)12(17,18)19/h2-5,7,10,20H,6H2,1H3. The monoisotopic (exact) mass is 303 g/mol. The van der Waals surface area contributed by atoms with Gasteiger partial charge in [0.05, 0.1) is 12.1 Å². The highest BCUT2D eigenvalue weighted by Crippen LogP contribution is 2.30. The molecule has 1 rings (SSSR count). The van der Waals surface area contributed by atoms with Crippen LogP contribution in [-0.2, 0) is 6.18 Å². The molecule has 1 N–H and O–H groups in total. The lowest BCUT2D eigenvalue weighted by molar-refractivity contribution is -0.137. The molecule has 1 atom stereocenters. The summed E-state index contributed by atoms with van der Waals surface area (Å²) in [6.45, 7) is 0.136. The second-order valence-electron chi connectivity index (χ2n) is 4.28. The zero-order valence-electron chi connectivity index (χ0n) is 10.3. The fourth-order valence-electron chi connectivity index (χ4n) is 1.44. The van der Waals surface area contributed by atoms with Gasteiger partial charge in [-0.15, -0.1) is 0 Å². The lowest BCUT2D eigenvalue weighted by Crippen LogP contribution is -2.39. The molecule has 0 saturated heterocycles. The average Bonchev–Trinajstić information content (AvgIpc) is 2.35. The van der Waals surface area contributed by atoms with E-state index in [4.69, 9.17) is 0 Å². The van der Waals surface area contributed by atoms with Crippen molar-refractivity contribution in [2.75, 3.05) is 6.54 Å². The van der Waals surface area contributed by atoms with Crippen LogP contribution < -0.4 is 5.32 Å². The van der Waals surface area contributed by atoms with E-state index in [0.717, 1.165) is 24.3 Å². The van der Waals surface area contributed by atoms with E-state index >= 15 is 0 Å². The van der Waals surface area contributed by atoms with Gasteiger partial charge in [-0.1, -0.05) is 12.1 Å². The minimum atomic E-state index is -4.49. The first-order valence-electron chi connectivity index (χ1n) is 5.60. The molecule has 1 unspecified atom stereocenters. The lowest BCUT2D eigenvalue weighted by atomic mass is 10.1. The molecule has 8 heteroatoms. The first-order valence-corrected chi connectivity index (χ1v) is 5.60. The third-order valence-electron chi connectivity index (χ3n) is 2.70. The van der Waals surface area contributed by atoms with Gasteiger partial charge in [-0.05, 0) is 24.6 Å². The molecule has 0 spiro atoms. The van der Waals surface area contributed by atoms with Gasteiger partial charge < -0.3 is 5.32 Å². The normalized spacial score (nSPS) is 14.7. The van der Waals surface area contributed by atoms with Gasteiger partial charge in [0.25, 0.3) is 0 Å². The minimum Gasteiger partial charge on any atom is -0.304 e. The van der Waals surface area contributed by atoms with E-state index in [0.29, 0.717) is 5.56 Å². The molecule has 1 aromatic rings. The van der Waals surface area contributed by atoms with Crippen molar-refractivity contribution in [3.05, 3.63) is 35.4 Å². The Hall–Kier alpha value is -1.31. The van der Waals surface area contributed by atoms with Crippen LogP contribution in [0.3, 0.4) is 0 Å². The van der Waals surface area contributed by atoms with E-state index in [1.165, 1.54) is 6.92 Å². The zero-order valence-corrected chi connectivity index (χ0v) is 10.3. The Morgan fingerprint density at radius 1 is 1.00 bits per heavy atom. The number of halogens is 7. The Morgan fingerprint density at radius 3 is 1.90 bits per heavy atom. The van der Waals surface area contributed by atoms with Gasteiger partial charge >= 0.3 is 18.5 Å². The molecule has 0 aliphatic heterocycles. The highest BCUT2D eigenvalue weighted by Gasteiger charge is 2.40. The van der Waals surface area contributed by atoms with E-state index in [1.54, 1.807) is 0 Å². The summed E-state index contributed by atoms with van der Waals surface area (Å²) in [6.07, 6.45) is -8.28. The van der Waals surface area contributed by atoms with Crippen LogP contribution >= 0.6 is 0 Å². The zero-order chi connectivity index (χ0) is 15.6. The molecule has 0 amide bonds. The van der Waals surface area contributed by atoms with Gasteiger partial charge in [0.2, 0.25) is 0 Å². The van der Waals surface area contributed by atoms with Crippen molar-refractivity contribution >= 4 is 0 Å². The molecule has 0 aromatic heterocycles. The Kier molecular flexibility index (Phi) is 5.01. The Morgan fingerprint density at radius 2 is 1.50 bits per heavy atom. The fraction of sp³-hybridized carbons (Fsp3) is 0.500. The van der Waals surface area contributed by atoms with Crippen molar-refractivity contribution < 1.29 is 30.7 Å². The predicted octanol–water partition coefficient (Wildman–Crippen LogP) is 4.26. The van der Waals surface area contributed by atoms with Crippen molar-refractivity contribution in [3.8, 4) is 0 Å². The molecule has 114 valence electrons. The van der Waals surface area contributed by atoms with Crippen molar-refractivity contribution in [3.63, 3.8) is 0 Å². The number of nitrogens with one attached hydrogen (secondary N) is 1. The number of benzene rings is 1. The lowest BCUT2D eigenvalue weighted by Gasteiger charge is -2.20. The molecule has 0 radical (unpaired) electrons. The maximum Gasteiger partial charge on any atom is 0.416 e. The molecule has 20 heavy (non-hydrogen) atoms. The molecule has 0 aliphatic rings. The van der Waals surface area contributed by atoms with Crippen molar-refractivity contribution in [2.45, 2.75) is 31.5 Å². The van der Waals surface area contributed by atoms with Crippen LogP contribution in [0.2, 0.25) is 0 Å². The molecule has 0 heterocycles. The highest BCUT2D eigenvalue weighted by molar-refractivity contribution is 5.26. The highest BCUT2D eigenvalue weighted by atomic mass is 19.4. The maximum absolute atomic E-state index is 12.7. The first kappa shape index (κ1) is 16.7. The molecule has 0 fully saturated rings. The molecule has 1 nitrogen and oxygen atoms in total. The van der Waals surface area contributed by atoms with E-state index in [1.807, 2.05) is 0 Å². The average molecular weight is 303 g/mol.